The molecule has 2 aromatic rings. The zero-order valence-electron chi connectivity index (χ0n) is 11.5. The summed E-state index contributed by atoms with van der Waals surface area (Å²) in [6, 6.07) is 6.78. The van der Waals surface area contributed by atoms with Gasteiger partial charge in [-0.2, -0.15) is 0 Å². The summed E-state index contributed by atoms with van der Waals surface area (Å²) in [7, 11) is 2.18. The van der Waals surface area contributed by atoms with Crippen molar-refractivity contribution in [3.05, 3.63) is 30.6 Å². The second-order valence-corrected chi connectivity index (χ2v) is 5.37. The minimum Gasteiger partial charge on any atom is -0.397 e. The summed E-state index contributed by atoms with van der Waals surface area (Å²) in [5.41, 5.74) is 8.37. The molecule has 0 amide bonds. The minimum absolute atomic E-state index is 0.557. The molecule has 0 saturated carbocycles. The van der Waals surface area contributed by atoms with Crippen LogP contribution in [0.4, 0.5) is 11.4 Å². The van der Waals surface area contributed by atoms with E-state index in [2.05, 4.69) is 40.9 Å². The molecule has 2 N–H and O–H groups in total. The molecular formula is C15H20N4. The van der Waals surface area contributed by atoms with Gasteiger partial charge in [0.1, 0.15) is 0 Å². The van der Waals surface area contributed by atoms with E-state index in [0.717, 1.165) is 41.8 Å². The lowest BCUT2D eigenvalue weighted by molar-refractivity contribution is 0.234. The third-order valence-electron chi connectivity index (χ3n) is 4.14. The van der Waals surface area contributed by atoms with Crippen LogP contribution in [0, 0.1) is 0 Å². The zero-order valence-corrected chi connectivity index (χ0v) is 11.5. The molecule has 1 aromatic carbocycles. The Hall–Kier alpha value is -1.81. The van der Waals surface area contributed by atoms with E-state index in [9.17, 15) is 0 Å². The van der Waals surface area contributed by atoms with Crippen molar-refractivity contribution < 1.29 is 0 Å². The molecule has 2 heterocycles. The first-order valence-electron chi connectivity index (χ1n) is 6.74. The average Bonchev–Trinajstić information content (AvgIpc) is 2.43. The number of rotatable bonds is 1. The molecule has 100 valence electrons. The summed E-state index contributed by atoms with van der Waals surface area (Å²) in [6.45, 7) is 5.39. The van der Waals surface area contributed by atoms with Gasteiger partial charge >= 0.3 is 0 Å². The highest BCUT2D eigenvalue weighted by atomic mass is 15.3. The van der Waals surface area contributed by atoms with Crippen LogP contribution in [0.5, 0.6) is 0 Å². The average molecular weight is 256 g/mol. The Morgan fingerprint density at radius 3 is 2.89 bits per heavy atom. The van der Waals surface area contributed by atoms with E-state index >= 15 is 0 Å². The Kier molecular flexibility index (Phi) is 3.03. The number of fused-ring (bicyclic) bond motifs is 1. The minimum atomic E-state index is 0.557. The molecule has 0 bridgehead atoms. The van der Waals surface area contributed by atoms with Crippen LogP contribution in [0.3, 0.4) is 0 Å². The first kappa shape index (κ1) is 12.2. The molecule has 4 heteroatoms. The molecule has 1 aliphatic rings. The van der Waals surface area contributed by atoms with Gasteiger partial charge in [-0.3, -0.25) is 4.98 Å². The molecule has 19 heavy (non-hydrogen) atoms. The second kappa shape index (κ2) is 4.70. The van der Waals surface area contributed by atoms with Gasteiger partial charge in [-0.05, 0) is 26.1 Å². The van der Waals surface area contributed by atoms with Crippen molar-refractivity contribution in [1.29, 1.82) is 0 Å². The second-order valence-electron chi connectivity index (χ2n) is 5.37. The number of benzene rings is 1. The molecular weight excluding hydrogens is 236 g/mol. The Labute approximate surface area is 113 Å². The normalized spacial score (nSPS) is 20.9. The van der Waals surface area contributed by atoms with Crippen LogP contribution in [0.25, 0.3) is 10.8 Å². The van der Waals surface area contributed by atoms with E-state index in [1.807, 2.05) is 12.3 Å². The van der Waals surface area contributed by atoms with E-state index in [1.165, 1.54) is 0 Å². The van der Waals surface area contributed by atoms with Gasteiger partial charge in [0.2, 0.25) is 0 Å². The summed E-state index contributed by atoms with van der Waals surface area (Å²) in [6.07, 6.45) is 3.66. The number of aromatic nitrogens is 1. The number of anilines is 2. The van der Waals surface area contributed by atoms with Gasteiger partial charge in [0, 0.05) is 48.8 Å². The predicted octanol–water partition coefficient (Wildman–Crippen LogP) is 1.96. The Morgan fingerprint density at radius 2 is 2.11 bits per heavy atom. The SMILES string of the molecule is CC1CN(c2ccc3cnccc3c2N)CCN1C. The Bertz CT molecular complexity index is 596. The molecule has 0 spiro atoms. The van der Waals surface area contributed by atoms with E-state index < -0.39 is 0 Å². The molecule has 1 aromatic heterocycles. The van der Waals surface area contributed by atoms with E-state index in [4.69, 9.17) is 5.73 Å². The molecule has 4 nitrogen and oxygen atoms in total. The predicted molar refractivity (Wildman–Crippen MR) is 80.5 cm³/mol. The monoisotopic (exact) mass is 256 g/mol. The van der Waals surface area contributed by atoms with Crippen LogP contribution in [0.2, 0.25) is 0 Å². The summed E-state index contributed by atoms with van der Waals surface area (Å²) in [5.74, 6) is 0. The van der Waals surface area contributed by atoms with Gasteiger partial charge in [0.05, 0.1) is 11.4 Å². The number of nitrogen functional groups attached to an aromatic ring is 1. The molecule has 0 radical (unpaired) electrons. The highest BCUT2D eigenvalue weighted by Crippen LogP contribution is 2.32. The van der Waals surface area contributed by atoms with Crippen LogP contribution in [-0.4, -0.2) is 42.6 Å². The summed E-state index contributed by atoms with van der Waals surface area (Å²) in [4.78, 5) is 8.92. The largest absolute Gasteiger partial charge is 0.397 e. The quantitative estimate of drug-likeness (QED) is 0.792. The topological polar surface area (TPSA) is 45.4 Å². The fraction of sp³-hybridized carbons (Fsp3) is 0.400. The van der Waals surface area contributed by atoms with Crippen molar-refractivity contribution in [2.24, 2.45) is 0 Å². The summed E-state index contributed by atoms with van der Waals surface area (Å²) in [5, 5.41) is 2.20. The van der Waals surface area contributed by atoms with E-state index in [1.54, 1.807) is 6.20 Å². The molecule has 1 fully saturated rings. The van der Waals surface area contributed by atoms with Crippen molar-refractivity contribution in [2.45, 2.75) is 13.0 Å². The molecule has 1 atom stereocenters. The first-order chi connectivity index (χ1) is 9.16. The number of nitrogens with two attached hydrogens (primary N) is 1. The maximum absolute atomic E-state index is 6.35. The van der Waals surface area contributed by atoms with Gasteiger partial charge < -0.3 is 15.5 Å². The third kappa shape index (κ3) is 2.12. The van der Waals surface area contributed by atoms with Crippen molar-refractivity contribution >= 4 is 22.1 Å². The molecule has 3 rings (SSSR count). The van der Waals surface area contributed by atoms with Gasteiger partial charge in [0.25, 0.3) is 0 Å². The van der Waals surface area contributed by atoms with Crippen LogP contribution in [0.15, 0.2) is 30.6 Å². The number of pyridine rings is 1. The van der Waals surface area contributed by atoms with Gasteiger partial charge in [-0.1, -0.05) is 6.07 Å². The summed E-state index contributed by atoms with van der Waals surface area (Å²) >= 11 is 0. The van der Waals surface area contributed by atoms with Crippen LogP contribution < -0.4 is 10.6 Å². The van der Waals surface area contributed by atoms with Gasteiger partial charge in [0.15, 0.2) is 0 Å². The number of piperazine rings is 1. The Morgan fingerprint density at radius 1 is 1.26 bits per heavy atom. The lowest BCUT2D eigenvalue weighted by Crippen LogP contribution is -2.50. The highest BCUT2D eigenvalue weighted by Gasteiger charge is 2.22. The van der Waals surface area contributed by atoms with Gasteiger partial charge in [-0.15, -0.1) is 0 Å². The maximum atomic E-state index is 6.35. The summed E-state index contributed by atoms with van der Waals surface area (Å²) < 4.78 is 0. The first-order valence-corrected chi connectivity index (χ1v) is 6.74. The molecule has 0 aliphatic carbocycles. The molecule has 1 aliphatic heterocycles. The number of nitrogens with zero attached hydrogens (tertiary/aromatic N) is 3. The van der Waals surface area contributed by atoms with Crippen molar-refractivity contribution in [3.8, 4) is 0 Å². The number of hydrogen-bond acceptors (Lipinski definition) is 4. The smallest absolute Gasteiger partial charge is 0.0632 e. The molecule has 1 saturated heterocycles. The van der Waals surface area contributed by atoms with Crippen LogP contribution in [0.1, 0.15) is 6.92 Å². The number of likely N-dealkylation sites (N-methyl/N-ethyl adjacent to an activating group) is 1. The van der Waals surface area contributed by atoms with Crippen LogP contribution in [-0.2, 0) is 0 Å². The third-order valence-corrected chi connectivity index (χ3v) is 4.14. The van der Waals surface area contributed by atoms with Gasteiger partial charge in [-0.25, -0.2) is 0 Å². The lowest BCUT2D eigenvalue weighted by atomic mass is 10.1. The zero-order chi connectivity index (χ0) is 13.4. The lowest BCUT2D eigenvalue weighted by Gasteiger charge is -2.39. The maximum Gasteiger partial charge on any atom is 0.0632 e. The fourth-order valence-corrected chi connectivity index (χ4v) is 2.72. The van der Waals surface area contributed by atoms with Crippen LogP contribution >= 0.6 is 0 Å². The van der Waals surface area contributed by atoms with Crippen molar-refractivity contribution in [3.63, 3.8) is 0 Å². The number of hydrogen-bond donors (Lipinski definition) is 1. The van der Waals surface area contributed by atoms with Crippen molar-refractivity contribution in [1.82, 2.24) is 9.88 Å². The van der Waals surface area contributed by atoms with E-state index in [-0.39, 0.29) is 0 Å². The standard InChI is InChI=1S/C15H20N4/c1-11-10-19(8-7-18(11)2)14-4-3-12-9-17-6-5-13(12)15(14)16/h3-6,9,11H,7-8,10,16H2,1-2H3. The fourth-order valence-electron chi connectivity index (χ4n) is 2.72. The highest BCUT2D eigenvalue weighted by molar-refractivity contribution is 5.98. The van der Waals surface area contributed by atoms with Crippen molar-refractivity contribution in [2.75, 3.05) is 37.3 Å². The van der Waals surface area contributed by atoms with E-state index in [0.29, 0.717) is 6.04 Å². The Balaban J connectivity index is 1.99. The molecule has 1 unspecified atom stereocenters.